The molecule has 15 heavy (non-hydrogen) atoms. The van der Waals surface area contributed by atoms with Crippen LogP contribution in [0.2, 0.25) is 0 Å². The molecule has 0 saturated carbocycles. The standard InChI is InChI=1S/C11H23NO3/c1-10(2)9-12(7-8-14-3)6-5-11(13)15-4/h10H,5-9H2,1-4H3. The lowest BCUT2D eigenvalue weighted by Crippen LogP contribution is -2.33. The highest BCUT2D eigenvalue weighted by molar-refractivity contribution is 5.69. The minimum Gasteiger partial charge on any atom is -0.469 e. The van der Waals surface area contributed by atoms with Crippen LogP contribution < -0.4 is 0 Å². The van der Waals surface area contributed by atoms with Gasteiger partial charge >= 0.3 is 5.97 Å². The summed E-state index contributed by atoms with van der Waals surface area (Å²) in [4.78, 5) is 13.2. The molecule has 0 unspecified atom stereocenters. The molecule has 4 nitrogen and oxygen atoms in total. The van der Waals surface area contributed by atoms with Crippen molar-refractivity contribution < 1.29 is 14.3 Å². The lowest BCUT2D eigenvalue weighted by Gasteiger charge is -2.23. The summed E-state index contributed by atoms with van der Waals surface area (Å²) in [5, 5.41) is 0. The molecule has 0 bridgehead atoms. The SMILES string of the molecule is COCCN(CCC(=O)OC)CC(C)C. The molecule has 0 aromatic carbocycles. The van der Waals surface area contributed by atoms with Crippen LogP contribution in [0.5, 0.6) is 0 Å². The van der Waals surface area contributed by atoms with Gasteiger partial charge in [0.2, 0.25) is 0 Å². The summed E-state index contributed by atoms with van der Waals surface area (Å²) in [6.07, 6.45) is 0.451. The average molecular weight is 217 g/mol. The molecule has 0 heterocycles. The van der Waals surface area contributed by atoms with Crippen molar-refractivity contribution in [1.82, 2.24) is 4.90 Å². The van der Waals surface area contributed by atoms with Gasteiger partial charge in [0.15, 0.2) is 0 Å². The Kier molecular flexibility index (Phi) is 8.33. The van der Waals surface area contributed by atoms with Crippen molar-refractivity contribution in [3.05, 3.63) is 0 Å². The Morgan fingerprint density at radius 1 is 1.27 bits per heavy atom. The summed E-state index contributed by atoms with van der Waals surface area (Å²) in [5.74, 6) is 0.445. The van der Waals surface area contributed by atoms with E-state index in [0.717, 1.165) is 19.6 Å². The van der Waals surface area contributed by atoms with Crippen LogP contribution in [0.15, 0.2) is 0 Å². The predicted molar refractivity (Wildman–Crippen MR) is 59.8 cm³/mol. The van der Waals surface area contributed by atoms with Crippen molar-refractivity contribution in [2.24, 2.45) is 5.92 Å². The van der Waals surface area contributed by atoms with Crippen molar-refractivity contribution in [3.8, 4) is 0 Å². The molecule has 0 aromatic rings. The molecule has 0 aliphatic rings. The summed E-state index contributed by atoms with van der Waals surface area (Å²) in [5.41, 5.74) is 0. The third kappa shape index (κ3) is 8.39. The van der Waals surface area contributed by atoms with Crippen LogP contribution >= 0.6 is 0 Å². The van der Waals surface area contributed by atoms with Crippen molar-refractivity contribution in [3.63, 3.8) is 0 Å². The number of rotatable bonds is 8. The normalized spacial score (nSPS) is 11.1. The first-order valence-corrected chi connectivity index (χ1v) is 5.38. The topological polar surface area (TPSA) is 38.8 Å². The number of carbonyl (C=O) groups is 1. The molecule has 0 aromatic heterocycles. The fourth-order valence-electron chi connectivity index (χ4n) is 1.38. The molecule has 0 spiro atoms. The van der Waals surface area contributed by atoms with Crippen LogP contribution in [0.1, 0.15) is 20.3 Å². The van der Waals surface area contributed by atoms with Crippen LogP contribution in [0.3, 0.4) is 0 Å². The second kappa shape index (κ2) is 8.68. The van der Waals surface area contributed by atoms with E-state index in [4.69, 9.17) is 4.74 Å². The van der Waals surface area contributed by atoms with Crippen LogP contribution in [0.25, 0.3) is 0 Å². The zero-order valence-electron chi connectivity index (χ0n) is 10.3. The van der Waals surface area contributed by atoms with Crippen molar-refractivity contribution in [1.29, 1.82) is 0 Å². The zero-order valence-corrected chi connectivity index (χ0v) is 10.3. The van der Waals surface area contributed by atoms with E-state index in [2.05, 4.69) is 23.5 Å². The van der Waals surface area contributed by atoms with E-state index in [1.807, 2.05) is 0 Å². The van der Waals surface area contributed by atoms with Crippen LogP contribution in [0.4, 0.5) is 0 Å². The van der Waals surface area contributed by atoms with Gasteiger partial charge < -0.3 is 14.4 Å². The van der Waals surface area contributed by atoms with Crippen molar-refractivity contribution >= 4 is 5.97 Å². The van der Waals surface area contributed by atoms with Gasteiger partial charge in [0.25, 0.3) is 0 Å². The first-order valence-electron chi connectivity index (χ1n) is 5.38. The second-order valence-corrected chi connectivity index (χ2v) is 4.01. The Balaban J connectivity index is 3.83. The Labute approximate surface area is 92.5 Å². The molecule has 4 heteroatoms. The first kappa shape index (κ1) is 14.4. The van der Waals surface area contributed by atoms with Gasteiger partial charge in [-0.2, -0.15) is 0 Å². The van der Waals surface area contributed by atoms with Crippen LogP contribution in [-0.2, 0) is 14.3 Å². The summed E-state index contributed by atoms with van der Waals surface area (Å²) in [6.45, 7) is 7.63. The van der Waals surface area contributed by atoms with Gasteiger partial charge in [0, 0.05) is 26.7 Å². The van der Waals surface area contributed by atoms with E-state index < -0.39 is 0 Å². The predicted octanol–water partition coefficient (Wildman–Crippen LogP) is 1.15. The number of hydrogen-bond acceptors (Lipinski definition) is 4. The van der Waals surface area contributed by atoms with E-state index in [-0.39, 0.29) is 5.97 Å². The summed E-state index contributed by atoms with van der Waals surface area (Å²) < 4.78 is 9.64. The number of nitrogens with zero attached hydrogens (tertiary/aromatic N) is 1. The number of carbonyl (C=O) groups excluding carboxylic acids is 1. The van der Waals surface area contributed by atoms with E-state index in [1.165, 1.54) is 7.11 Å². The highest BCUT2D eigenvalue weighted by Crippen LogP contribution is 2.00. The highest BCUT2D eigenvalue weighted by atomic mass is 16.5. The monoisotopic (exact) mass is 217 g/mol. The Morgan fingerprint density at radius 2 is 1.93 bits per heavy atom. The summed E-state index contributed by atoms with van der Waals surface area (Å²) in [6, 6.07) is 0. The number of hydrogen-bond donors (Lipinski definition) is 0. The maximum atomic E-state index is 11.0. The van der Waals surface area contributed by atoms with Gasteiger partial charge in [-0.1, -0.05) is 13.8 Å². The van der Waals surface area contributed by atoms with E-state index in [0.29, 0.717) is 18.9 Å². The Morgan fingerprint density at radius 3 is 2.40 bits per heavy atom. The molecule has 90 valence electrons. The second-order valence-electron chi connectivity index (χ2n) is 4.01. The molecule has 0 atom stereocenters. The quantitative estimate of drug-likeness (QED) is 0.572. The maximum Gasteiger partial charge on any atom is 0.306 e. The molecule has 0 fully saturated rings. The van der Waals surface area contributed by atoms with Gasteiger partial charge in [-0.25, -0.2) is 0 Å². The van der Waals surface area contributed by atoms with Crippen molar-refractivity contribution in [2.75, 3.05) is 40.5 Å². The van der Waals surface area contributed by atoms with Gasteiger partial charge in [0.05, 0.1) is 20.1 Å². The first-order chi connectivity index (χ1) is 7.10. The highest BCUT2D eigenvalue weighted by Gasteiger charge is 2.09. The molecular formula is C11H23NO3. The van der Waals surface area contributed by atoms with E-state index >= 15 is 0 Å². The Hall–Kier alpha value is -0.610. The minimum absolute atomic E-state index is 0.152. The van der Waals surface area contributed by atoms with E-state index in [1.54, 1.807) is 7.11 Å². The fraction of sp³-hybridized carbons (Fsp3) is 0.909. The lowest BCUT2D eigenvalue weighted by molar-refractivity contribution is -0.141. The number of ether oxygens (including phenoxy) is 2. The molecule has 0 rings (SSSR count). The largest absolute Gasteiger partial charge is 0.469 e. The molecule has 0 amide bonds. The number of methoxy groups -OCH3 is 2. The molecular weight excluding hydrogens is 194 g/mol. The molecule has 0 saturated heterocycles. The third-order valence-corrected chi connectivity index (χ3v) is 2.09. The van der Waals surface area contributed by atoms with Crippen molar-refractivity contribution in [2.45, 2.75) is 20.3 Å². The average Bonchev–Trinajstić information content (AvgIpc) is 2.20. The molecule has 0 N–H and O–H groups in total. The zero-order chi connectivity index (χ0) is 11.7. The van der Waals surface area contributed by atoms with Gasteiger partial charge in [-0.3, -0.25) is 4.79 Å². The van der Waals surface area contributed by atoms with Crippen LogP contribution in [-0.4, -0.2) is 51.3 Å². The third-order valence-electron chi connectivity index (χ3n) is 2.09. The fourth-order valence-corrected chi connectivity index (χ4v) is 1.38. The smallest absolute Gasteiger partial charge is 0.306 e. The van der Waals surface area contributed by atoms with Gasteiger partial charge in [-0.15, -0.1) is 0 Å². The number of esters is 1. The van der Waals surface area contributed by atoms with Gasteiger partial charge in [-0.05, 0) is 5.92 Å². The lowest BCUT2D eigenvalue weighted by atomic mass is 10.2. The van der Waals surface area contributed by atoms with Gasteiger partial charge in [0.1, 0.15) is 0 Å². The molecule has 0 radical (unpaired) electrons. The summed E-state index contributed by atoms with van der Waals surface area (Å²) >= 11 is 0. The van der Waals surface area contributed by atoms with Crippen LogP contribution in [0, 0.1) is 5.92 Å². The maximum absolute atomic E-state index is 11.0. The molecule has 0 aliphatic heterocycles. The van der Waals surface area contributed by atoms with E-state index in [9.17, 15) is 4.79 Å². The minimum atomic E-state index is -0.152. The Bertz CT molecular complexity index is 171. The molecule has 0 aliphatic carbocycles. The summed E-state index contributed by atoms with van der Waals surface area (Å²) in [7, 11) is 3.11.